The smallest absolute Gasteiger partial charge is 0.408 e. The normalized spacial score (nSPS) is 13.1. The van der Waals surface area contributed by atoms with Crippen molar-refractivity contribution in [2.75, 3.05) is 10.6 Å². The highest BCUT2D eigenvalue weighted by Gasteiger charge is 2.28. The van der Waals surface area contributed by atoms with Crippen molar-refractivity contribution in [3.8, 4) is 0 Å². The summed E-state index contributed by atoms with van der Waals surface area (Å²) in [6.07, 6.45) is 1.57. The van der Waals surface area contributed by atoms with E-state index in [9.17, 15) is 9.59 Å². The molecular formula is C25H30BrN5O3. The molecule has 9 heteroatoms. The van der Waals surface area contributed by atoms with E-state index in [1.165, 1.54) is 6.33 Å². The maximum Gasteiger partial charge on any atom is 0.408 e. The average molecular weight is 528 g/mol. The van der Waals surface area contributed by atoms with Crippen molar-refractivity contribution < 1.29 is 14.3 Å². The summed E-state index contributed by atoms with van der Waals surface area (Å²) in [7, 11) is 0. The number of aromatic nitrogens is 2. The van der Waals surface area contributed by atoms with E-state index < -0.39 is 17.7 Å². The Kier molecular flexibility index (Phi) is 8.09. The molecule has 34 heavy (non-hydrogen) atoms. The van der Waals surface area contributed by atoms with Gasteiger partial charge in [-0.2, -0.15) is 0 Å². The zero-order chi connectivity index (χ0) is 24.9. The zero-order valence-corrected chi connectivity index (χ0v) is 21.6. The second-order valence-corrected chi connectivity index (χ2v) is 10.0. The van der Waals surface area contributed by atoms with E-state index in [-0.39, 0.29) is 11.8 Å². The molecule has 0 unspecified atom stereocenters. The summed E-state index contributed by atoms with van der Waals surface area (Å²) >= 11 is 3.47. The van der Waals surface area contributed by atoms with Gasteiger partial charge in [0.25, 0.3) is 0 Å². The first-order valence-electron chi connectivity index (χ1n) is 11.1. The molecule has 0 aliphatic heterocycles. The number of halogens is 1. The number of benzene rings is 2. The molecule has 0 bridgehead atoms. The Morgan fingerprint density at radius 3 is 2.53 bits per heavy atom. The highest BCUT2D eigenvalue weighted by molar-refractivity contribution is 9.10. The van der Waals surface area contributed by atoms with Gasteiger partial charge in [-0.05, 0) is 63.1 Å². The molecular weight excluding hydrogens is 498 g/mol. The number of nitrogens with zero attached hydrogens (tertiary/aromatic N) is 2. The number of alkyl carbamates (subject to hydrolysis) is 1. The fourth-order valence-electron chi connectivity index (χ4n) is 3.29. The molecule has 3 rings (SSSR count). The molecule has 2 aromatic carbocycles. The Balaban J connectivity index is 1.83. The van der Waals surface area contributed by atoms with Gasteiger partial charge in [0.1, 0.15) is 23.8 Å². The van der Waals surface area contributed by atoms with Crippen LogP contribution < -0.4 is 16.0 Å². The molecule has 0 aliphatic carbocycles. The molecule has 0 saturated heterocycles. The van der Waals surface area contributed by atoms with Crippen molar-refractivity contribution in [2.45, 2.75) is 52.7 Å². The molecule has 0 saturated carbocycles. The number of ether oxygens (including phenoxy) is 1. The van der Waals surface area contributed by atoms with Crippen LogP contribution in [0.25, 0.3) is 10.9 Å². The Bertz CT molecular complexity index is 1180. The molecule has 1 aromatic heterocycles. The van der Waals surface area contributed by atoms with Crippen LogP contribution in [-0.2, 0) is 9.53 Å². The minimum Gasteiger partial charge on any atom is -0.444 e. The third-order valence-electron chi connectivity index (χ3n) is 5.16. The van der Waals surface area contributed by atoms with Gasteiger partial charge in [-0.1, -0.05) is 42.3 Å². The largest absolute Gasteiger partial charge is 0.444 e. The van der Waals surface area contributed by atoms with Crippen molar-refractivity contribution in [3.05, 3.63) is 53.3 Å². The highest BCUT2D eigenvalue weighted by Crippen LogP contribution is 2.27. The van der Waals surface area contributed by atoms with Crippen LogP contribution in [0.2, 0.25) is 0 Å². The van der Waals surface area contributed by atoms with E-state index in [1.807, 2.05) is 50.2 Å². The number of nitrogens with one attached hydrogen (secondary N) is 3. The van der Waals surface area contributed by atoms with Crippen LogP contribution in [0.15, 0.2) is 53.3 Å². The summed E-state index contributed by atoms with van der Waals surface area (Å²) in [5.41, 5.74) is 1.51. The quantitative estimate of drug-likeness (QED) is 0.347. The number of anilines is 3. The van der Waals surface area contributed by atoms with Crippen LogP contribution in [0.3, 0.4) is 0 Å². The lowest BCUT2D eigenvalue weighted by molar-refractivity contribution is -0.119. The summed E-state index contributed by atoms with van der Waals surface area (Å²) in [5, 5.41) is 9.68. The standard InChI is InChI=1S/C25H30BrN5O3/c1-6-15(2)21(31-24(33)34-25(3,4)5)23(32)30-18-10-11-20-19(13-18)22(28-14-27-20)29-17-9-7-8-16(26)12-17/h7-15,21H,6H2,1-5H3,(H,30,32)(H,31,33)(H,27,28,29)/t15-,21+/m0/s1. The first-order chi connectivity index (χ1) is 16.1. The van der Waals surface area contributed by atoms with Gasteiger partial charge >= 0.3 is 6.09 Å². The van der Waals surface area contributed by atoms with Crippen molar-refractivity contribution in [1.82, 2.24) is 15.3 Å². The monoisotopic (exact) mass is 527 g/mol. The maximum absolute atomic E-state index is 13.1. The fourth-order valence-corrected chi connectivity index (χ4v) is 3.69. The molecule has 2 atom stereocenters. The fraction of sp³-hybridized carbons (Fsp3) is 0.360. The Morgan fingerprint density at radius 1 is 1.09 bits per heavy atom. The average Bonchev–Trinajstić information content (AvgIpc) is 2.76. The van der Waals surface area contributed by atoms with Gasteiger partial charge in [0.05, 0.1) is 5.52 Å². The first kappa shape index (κ1) is 25.4. The lowest BCUT2D eigenvalue weighted by Crippen LogP contribution is -2.49. The van der Waals surface area contributed by atoms with E-state index in [4.69, 9.17) is 4.74 Å². The molecule has 0 spiro atoms. The third kappa shape index (κ3) is 6.90. The lowest BCUT2D eigenvalue weighted by atomic mass is 9.98. The van der Waals surface area contributed by atoms with Gasteiger partial charge in [0, 0.05) is 21.2 Å². The number of hydrogen-bond acceptors (Lipinski definition) is 6. The summed E-state index contributed by atoms with van der Waals surface area (Å²) in [5.74, 6) is 0.201. The van der Waals surface area contributed by atoms with Gasteiger partial charge < -0.3 is 20.7 Å². The Morgan fingerprint density at radius 2 is 1.85 bits per heavy atom. The van der Waals surface area contributed by atoms with Crippen LogP contribution in [0.4, 0.5) is 22.0 Å². The number of rotatable bonds is 7. The second-order valence-electron chi connectivity index (χ2n) is 9.09. The van der Waals surface area contributed by atoms with Gasteiger partial charge in [0.15, 0.2) is 0 Å². The van der Waals surface area contributed by atoms with Gasteiger partial charge in [-0.25, -0.2) is 14.8 Å². The minimum atomic E-state index is -0.748. The molecule has 3 aromatic rings. The topological polar surface area (TPSA) is 105 Å². The number of carbonyl (C=O) groups is 2. The van der Waals surface area contributed by atoms with Crippen LogP contribution in [-0.4, -0.2) is 33.6 Å². The lowest BCUT2D eigenvalue weighted by Gasteiger charge is -2.26. The van der Waals surface area contributed by atoms with Crippen molar-refractivity contribution in [1.29, 1.82) is 0 Å². The van der Waals surface area contributed by atoms with Crippen LogP contribution in [0, 0.1) is 5.92 Å². The summed E-state index contributed by atoms with van der Waals surface area (Å²) < 4.78 is 6.29. The molecule has 8 nitrogen and oxygen atoms in total. The Hall–Kier alpha value is -3.20. The molecule has 0 aliphatic rings. The number of amides is 2. The number of fused-ring (bicyclic) bond motifs is 1. The number of hydrogen-bond donors (Lipinski definition) is 3. The van der Waals surface area contributed by atoms with E-state index >= 15 is 0 Å². The number of carbonyl (C=O) groups excluding carboxylic acids is 2. The predicted octanol–water partition coefficient (Wildman–Crippen LogP) is 6.01. The van der Waals surface area contributed by atoms with Crippen LogP contribution in [0.1, 0.15) is 41.0 Å². The van der Waals surface area contributed by atoms with Gasteiger partial charge in [-0.3, -0.25) is 4.79 Å². The minimum absolute atomic E-state index is 0.0925. The van der Waals surface area contributed by atoms with Gasteiger partial charge in [-0.15, -0.1) is 0 Å². The zero-order valence-electron chi connectivity index (χ0n) is 20.0. The molecule has 1 heterocycles. The molecule has 2 amide bonds. The van der Waals surface area contributed by atoms with Crippen molar-refractivity contribution in [3.63, 3.8) is 0 Å². The van der Waals surface area contributed by atoms with E-state index in [0.717, 1.165) is 21.1 Å². The maximum atomic E-state index is 13.1. The van der Waals surface area contributed by atoms with E-state index in [2.05, 4.69) is 41.8 Å². The SMILES string of the molecule is CC[C@H](C)[C@@H](NC(=O)OC(C)(C)C)C(=O)Nc1ccc2ncnc(Nc3cccc(Br)c3)c2c1. The second kappa shape index (κ2) is 10.8. The van der Waals surface area contributed by atoms with Crippen molar-refractivity contribution >= 4 is 56.0 Å². The van der Waals surface area contributed by atoms with E-state index in [0.29, 0.717) is 17.9 Å². The Labute approximate surface area is 208 Å². The first-order valence-corrected chi connectivity index (χ1v) is 11.9. The van der Waals surface area contributed by atoms with Gasteiger partial charge in [0.2, 0.25) is 5.91 Å². The van der Waals surface area contributed by atoms with Crippen LogP contribution >= 0.6 is 15.9 Å². The molecule has 0 radical (unpaired) electrons. The highest BCUT2D eigenvalue weighted by atomic mass is 79.9. The van der Waals surface area contributed by atoms with Crippen molar-refractivity contribution in [2.24, 2.45) is 5.92 Å². The summed E-state index contributed by atoms with van der Waals surface area (Å²) in [6, 6.07) is 12.4. The summed E-state index contributed by atoms with van der Waals surface area (Å²) in [4.78, 5) is 34.2. The predicted molar refractivity (Wildman–Crippen MR) is 138 cm³/mol. The molecule has 0 fully saturated rings. The van der Waals surface area contributed by atoms with Crippen LogP contribution in [0.5, 0.6) is 0 Å². The molecule has 3 N–H and O–H groups in total. The van der Waals surface area contributed by atoms with E-state index in [1.54, 1.807) is 26.8 Å². The summed E-state index contributed by atoms with van der Waals surface area (Å²) in [6.45, 7) is 9.22. The third-order valence-corrected chi connectivity index (χ3v) is 5.65. The molecule has 180 valence electrons.